The highest BCUT2D eigenvalue weighted by molar-refractivity contribution is 6.02. The molecule has 3 rings (SSSR count). The zero-order chi connectivity index (χ0) is 19.4. The standard InChI is InChI=1S/C17H15N5O5/c23-15-9-18-17(25)21(15)10-11-1-3-12(4-2-11)19-16(24)20-13-5-7-14(8-6-13)22(26)27/h1-8H,9-10H2,(H,18,25)(H2,19,20,24). The van der Waals surface area contributed by atoms with Crippen LogP contribution in [0.25, 0.3) is 0 Å². The number of rotatable bonds is 5. The number of hydrogen-bond donors (Lipinski definition) is 3. The van der Waals surface area contributed by atoms with Crippen molar-refractivity contribution < 1.29 is 19.3 Å². The van der Waals surface area contributed by atoms with Gasteiger partial charge in [0.2, 0.25) is 5.91 Å². The molecule has 1 saturated heterocycles. The van der Waals surface area contributed by atoms with E-state index in [1.54, 1.807) is 24.3 Å². The van der Waals surface area contributed by atoms with Crippen LogP contribution in [0.3, 0.4) is 0 Å². The highest BCUT2D eigenvalue weighted by Crippen LogP contribution is 2.17. The summed E-state index contributed by atoms with van der Waals surface area (Å²) in [4.78, 5) is 46.3. The average molecular weight is 369 g/mol. The number of amides is 5. The lowest BCUT2D eigenvalue weighted by molar-refractivity contribution is -0.384. The molecule has 0 spiro atoms. The Balaban J connectivity index is 1.56. The van der Waals surface area contributed by atoms with Gasteiger partial charge < -0.3 is 16.0 Å². The van der Waals surface area contributed by atoms with Crippen molar-refractivity contribution in [1.29, 1.82) is 0 Å². The van der Waals surface area contributed by atoms with Crippen LogP contribution < -0.4 is 16.0 Å². The lowest BCUT2D eigenvalue weighted by atomic mass is 10.2. The number of imide groups is 1. The Bertz CT molecular complexity index is 879. The van der Waals surface area contributed by atoms with E-state index in [-0.39, 0.29) is 24.7 Å². The van der Waals surface area contributed by atoms with Crippen molar-refractivity contribution in [1.82, 2.24) is 10.2 Å². The van der Waals surface area contributed by atoms with Gasteiger partial charge in [0.1, 0.15) is 0 Å². The second-order valence-electron chi connectivity index (χ2n) is 5.72. The van der Waals surface area contributed by atoms with Gasteiger partial charge in [0.05, 0.1) is 18.0 Å². The van der Waals surface area contributed by atoms with Crippen molar-refractivity contribution in [2.24, 2.45) is 0 Å². The first kappa shape index (κ1) is 17.9. The molecule has 1 aliphatic heterocycles. The summed E-state index contributed by atoms with van der Waals surface area (Å²) in [6, 6.07) is 11.2. The minimum absolute atomic E-state index is 0.00128. The van der Waals surface area contributed by atoms with Crippen molar-refractivity contribution >= 4 is 35.0 Å². The zero-order valence-electron chi connectivity index (χ0n) is 14.0. The molecule has 27 heavy (non-hydrogen) atoms. The Kier molecular flexibility index (Phi) is 4.97. The topological polar surface area (TPSA) is 134 Å². The van der Waals surface area contributed by atoms with Crippen molar-refractivity contribution in [3.05, 3.63) is 64.2 Å². The second kappa shape index (κ2) is 7.52. The first-order valence-corrected chi connectivity index (χ1v) is 7.92. The molecule has 1 heterocycles. The van der Waals surface area contributed by atoms with Crippen LogP contribution in [-0.4, -0.2) is 34.3 Å². The maximum atomic E-state index is 12.0. The van der Waals surface area contributed by atoms with Crippen LogP contribution >= 0.6 is 0 Å². The van der Waals surface area contributed by atoms with Gasteiger partial charge in [0.25, 0.3) is 5.69 Å². The van der Waals surface area contributed by atoms with Gasteiger partial charge >= 0.3 is 12.1 Å². The number of anilines is 2. The van der Waals surface area contributed by atoms with E-state index in [4.69, 9.17) is 0 Å². The monoisotopic (exact) mass is 369 g/mol. The Morgan fingerprint density at radius 2 is 1.59 bits per heavy atom. The average Bonchev–Trinajstić information content (AvgIpc) is 2.95. The molecule has 1 aliphatic rings. The van der Waals surface area contributed by atoms with E-state index in [0.717, 1.165) is 10.5 Å². The van der Waals surface area contributed by atoms with Crippen molar-refractivity contribution in [3.8, 4) is 0 Å². The fourth-order valence-electron chi connectivity index (χ4n) is 2.45. The molecular formula is C17H15N5O5. The third-order valence-electron chi connectivity index (χ3n) is 3.83. The first-order valence-electron chi connectivity index (χ1n) is 7.92. The molecule has 5 amide bonds. The summed E-state index contributed by atoms with van der Waals surface area (Å²) in [6.07, 6.45) is 0. The highest BCUT2D eigenvalue weighted by Gasteiger charge is 2.28. The maximum Gasteiger partial charge on any atom is 0.324 e. The second-order valence-corrected chi connectivity index (χ2v) is 5.72. The van der Waals surface area contributed by atoms with E-state index in [1.165, 1.54) is 24.3 Å². The number of nitro groups is 1. The van der Waals surface area contributed by atoms with E-state index < -0.39 is 17.0 Å². The van der Waals surface area contributed by atoms with Gasteiger partial charge in [-0.15, -0.1) is 0 Å². The largest absolute Gasteiger partial charge is 0.329 e. The van der Waals surface area contributed by atoms with E-state index in [1.807, 2.05) is 0 Å². The molecular weight excluding hydrogens is 354 g/mol. The fraction of sp³-hybridized carbons (Fsp3) is 0.118. The summed E-state index contributed by atoms with van der Waals surface area (Å²) in [5.41, 5.74) is 1.59. The van der Waals surface area contributed by atoms with Crippen LogP contribution in [0.15, 0.2) is 48.5 Å². The Morgan fingerprint density at radius 1 is 1.04 bits per heavy atom. The van der Waals surface area contributed by atoms with Crippen molar-refractivity contribution in [2.75, 3.05) is 17.2 Å². The summed E-state index contributed by atoms with van der Waals surface area (Å²) in [5, 5.41) is 18.2. The third kappa shape index (κ3) is 4.37. The molecule has 1 fully saturated rings. The lowest BCUT2D eigenvalue weighted by Crippen LogP contribution is -2.30. The molecule has 138 valence electrons. The van der Waals surface area contributed by atoms with Gasteiger partial charge in [0, 0.05) is 23.5 Å². The molecule has 2 aromatic carbocycles. The van der Waals surface area contributed by atoms with Crippen molar-refractivity contribution in [3.63, 3.8) is 0 Å². The number of carbonyl (C=O) groups is 3. The molecule has 2 aromatic rings. The summed E-state index contributed by atoms with van der Waals surface area (Å²) < 4.78 is 0. The Labute approximate surface area is 153 Å². The molecule has 0 saturated carbocycles. The summed E-state index contributed by atoms with van der Waals surface area (Å²) in [7, 11) is 0. The predicted molar refractivity (Wildman–Crippen MR) is 96.1 cm³/mol. The molecule has 10 nitrogen and oxygen atoms in total. The van der Waals surface area contributed by atoms with Crippen LogP contribution in [0.4, 0.5) is 26.7 Å². The predicted octanol–water partition coefficient (Wildman–Crippen LogP) is 2.29. The molecule has 0 aliphatic carbocycles. The van der Waals surface area contributed by atoms with Crippen LogP contribution in [0.2, 0.25) is 0 Å². The number of nitrogens with one attached hydrogen (secondary N) is 3. The van der Waals surface area contributed by atoms with E-state index in [0.29, 0.717) is 11.4 Å². The number of non-ortho nitro benzene ring substituents is 1. The number of urea groups is 2. The Morgan fingerprint density at radius 3 is 2.07 bits per heavy atom. The number of nitrogens with zero attached hydrogens (tertiary/aromatic N) is 2. The summed E-state index contributed by atoms with van der Waals surface area (Å²) in [6.45, 7) is 0.154. The molecule has 0 unspecified atom stereocenters. The minimum atomic E-state index is -0.523. The molecule has 10 heteroatoms. The minimum Gasteiger partial charge on any atom is -0.329 e. The number of carbonyl (C=O) groups excluding carboxylic acids is 3. The first-order chi connectivity index (χ1) is 12.9. The summed E-state index contributed by atoms with van der Waals surface area (Å²) >= 11 is 0. The van der Waals surface area contributed by atoms with Crippen LogP contribution in [0.1, 0.15) is 5.56 Å². The van der Waals surface area contributed by atoms with E-state index >= 15 is 0 Å². The fourth-order valence-corrected chi connectivity index (χ4v) is 2.45. The van der Waals surface area contributed by atoms with Gasteiger partial charge in [-0.3, -0.25) is 19.8 Å². The van der Waals surface area contributed by atoms with Crippen LogP contribution in [0, 0.1) is 10.1 Å². The molecule has 0 radical (unpaired) electrons. The Hall–Kier alpha value is -3.95. The number of benzene rings is 2. The zero-order valence-corrected chi connectivity index (χ0v) is 14.0. The third-order valence-corrected chi connectivity index (χ3v) is 3.83. The van der Waals surface area contributed by atoms with Gasteiger partial charge in [-0.05, 0) is 29.8 Å². The number of nitro benzene ring substituents is 1. The quantitative estimate of drug-likeness (QED) is 0.422. The molecule has 3 N–H and O–H groups in total. The van der Waals surface area contributed by atoms with E-state index in [9.17, 15) is 24.5 Å². The number of hydrogen-bond acceptors (Lipinski definition) is 5. The van der Waals surface area contributed by atoms with Gasteiger partial charge in [-0.1, -0.05) is 12.1 Å². The summed E-state index contributed by atoms with van der Waals surface area (Å²) in [5.74, 6) is -0.287. The lowest BCUT2D eigenvalue weighted by Gasteiger charge is -2.13. The molecule has 0 aromatic heterocycles. The van der Waals surface area contributed by atoms with Gasteiger partial charge in [0.15, 0.2) is 0 Å². The smallest absolute Gasteiger partial charge is 0.324 e. The van der Waals surface area contributed by atoms with Gasteiger partial charge in [-0.2, -0.15) is 0 Å². The van der Waals surface area contributed by atoms with E-state index in [2.05, 4.69) is 16.0 Å². The van der Waals surface area contributed by atoms with Crippen LogP contribution in [-0.2, 0) is 11.3 Å². The maximum absolute atomic E-state index is 12.0. The van der Waals surface area contributed by atoms with Gasteiger partial charge in [-0.25, -0.2) is 9.59 Å². The SMILES string of the molecule is O=C(Nc1ccc(CN2C(=O)CNC2=O)cc1)Nc1ccc([N+](=O)[O-])cc1. The molecule has 0 bridgehead atoms. The normalized spacial score (nSPS) is 13.3. The van der Waals surface area contributed by atoms with Crippen LogP contribution in [0.5, 0.6) is 0 Å². The highest BCUT2D eigenvalue weighted by atomic mass is 16.6. The molecule has 0 atom stereocenters. The van der Waals surface area contributed by atoms with Crippen molar-refractivity contribution in [2.45, 2.75) is 6.54 Å².